The zero-order valence-electron chi connectivity index (χ0n) is 23.0. The molecule has 0 radical (unpaired) electrons. The maximum Gasteiger partial charge on any atom is 0.189 e. The van der Waals surface area contributed by atoms with Crippen LogP contribution in [0.5, 0.6) is 0 Å². The molecule has 5 heteroatoms. The van der Waals surface area contributed by atoms with E-state index in [2.05, 4.69) is 37.0 Å². The van der Waals surface area contributed by atoms with Gasteiger partial charge in [0.15, 0.2) is 5.78 Å². The average molecular weight is 518 g/mol. The second-order valence-corrected chi connectivity index (χ2v) is 13.9. The van der Waals surface area contributed by atoms with Crippen molar-refractivity contribution >= 4 is 5.78 Å². The van der Waals surface area contributed by atoms with Gasteiger partial charge in [0.25, 0.3) is 0 Å². The van der Waals surface area contributed by atoms with Crippen molar-refractivity contribution in [2.24, 2.45) is 33.5 Å². The summed E-state index contributed by atoms with van der Waals surface area (Å²) in [7, 11) is 0. The number of ketones is 1. The van der Waals surface area contributed by atoms with Crippen molar-refractivity contribution < 1.29 is 19.7 Å². The fraction of sp³-hybridized carbons (Fsp3) is 0.667. The Labute approximate surface area is 226 Å². The second kappa shape index (κ2) is 8.36. The molecule has 3 saturated carbocycles. The molecule has 5 nitrogen and oxygen atoms in total. The molecule has 4 fully saturated rings. The lowest BCUT2D eigenvalue weighted by Crippen LogP contribution is -2.67. The van der Waals surface area contributed by atoms with Crippen LogP contribution < -0.4 is 0 Å². The highest BCUT2D eigenvalue weighted by Gasteiger charge is 2.74. The molecular formula is C33H43NO4. The lowest BCUT2D eigenvalue weighted by Gasteiger charge is -2.71. The Morgan fingerprint density at radius 3 is 2.42 bits per heavy atom. The summed E-state index contributed by atoms with van der Waals surface area (Å²) in [6, 6.07) is 9.76. The first-order valence-electron chi connectivity index (χ1n) is 14.9. The van der Waals surface area contributed by atoms with Crippen LogP contribution in [0.2, 0.25) is 0 Å². The van der Waals surface area contributed by atoms with Crippen LogP contribution in [0, 0.1) is 33.5 Å². The summed E-state index contributed by atoms with van der Waals surface area (Å²) in [4.78, 5) is 16.8. The van der Waals surface area contributed by atoms with E-state index >= 15 is 0 Å². The zero-order valence-corrected chi connectivity index (χ0v) is 23.0. The number of morpholine rings is 1. The molecule has 1 heterocycles. The first-order valence-corrected chi connectivity index (χ1v) is 14.9. The van der Waals surface area contributed by atoms with Gasteiger partial charge in [-0.25, -0.2) is 0 Å². The minimum absolute atomic E-state index is 0.00763. The highest BCUT2D eigenvalue weighted by atomic mass is 16.5. The molecule has 0 aromatic heterocycles. The lowest BCUT2D eigenvalue weighted by molar-refractivity contribution is -0.178. The highest BCUT2D eigenvalue weighted by Crippen LogP contribution is 2.78. The van der Waals surface area contributed by atoms with Gasteiger partial charge in [0.1, 0.15) is 0 Å². The molecule has 1 saturated heterocycles. The Morgan fingerprint density at radius 1 is 0.974 bits per heavy atom. The number of aliphatic hydroxyl groups excluding tert-OH is 1. The molecule has 2 bridgehead atoms. The molecule has 1 aromatic rings. The van der Waals surface area contributed by atoms with Gasteiger partial charge in [-0.2, -0.15) is 0 Å². The van der Waals surface area contributed by atoms with Gasteiger partial charge in [0.05, 0.1) is 24.9 Å². The number of benzene rings is 1. The summed E-state index contributed by atoms with van der Waals surface area (Å²) in [5, 5.41) is 23.3. The molecule has 1 aromatic carbocycles. The monoisotopic (exact) mass is 517 g/mol. The normalized spacial score (nSPS) is 47.7. The summed E-state index contributed by atoms with van der Waals surface area (Å²) >= 11 is 0. The summed E-state index contributed by atoms with van der Waals surface area (Å²) in [6.45, 7) is 8.67. The Balaban J connectivity index is 1.36. The fourth-order valence-corrected chi connectivity index (χ4v) is 10.5. The second-order valence-electron chi connectivity index (χ2n) is 13.9. The van der Waals surface area contributed by atoms with Crippen molar-refractivity contribution in [3.05, 3.63) is 59.7 Å². The largest absolute Gasteiger partial charge is 0.393 e. The van der Waals surface area contributed by atoms with E-state index in [1.54, 1.807) is 0 Å². The van der Waals surface area contributed by atoms with E-state index in [0.29, 0.717) is 18.9 Å². The Hall–Kier alpha value is -1.79. The molecule has 6 aliphatic carbocycles. The van der Waals surface area contributed by atoms with Crippen LogP contribution in [0.15, 0.2) is 54.1 Å². The van der Waals surface area contributed by atoms with Crippen molar-refractivity contribution in [3.8, 4) is 0 Å². The Kier molecular flexibility index (Phi) is 5.54. The maximum absolute atomic E-state index is 14.4. The van der Waals surface area contributed by atoms with Crippen molar-refractivity contribution in [2.75, 3.05) is 32.8 Å². The van der Waals surface area contributed by atoms with E-state index in [-0.39, 0.29) is 39.5 Å². The number of hydrogen-bond acceptors (Lipinski definition) is 5. The number of aliphatic hydroxyl groups is 2. The van der Waals surface area contributed by atoms with Crippen LogP contribution in [0.25, 0.3) is 0 Å². The van der Waals surface area contributed by atoms with E-state index in [9.17, 15) is 15.0 Å². The van der Waals surface area contributed by atoms with E-state index in [0.717, 1.165) is 76.0 Å². The molecule has 38 heavy (non-hydrogen) atoms. The summed E-state index contributed by atoms with van der Waals surface area (Å²) < 4.78 is 5.59. The van der Waals surface area contributed by atoms with Crippen LogP contribution in [0.1, 0.15) is 69.2 Å². The number of rotatable bonds is 4. The van der Waals surface area contributed by atoms with Gasteiger partial charge in [-0.15, -0.1) is 0 Å². The molecule has 1 unspecified atom stereocenters. The van der Waals surface area contributed by atoms with Gasteiger partial charge in [-0.1, -0.05) is 62.4 Å². The van der Waals surface area contributed by atoms with E-state index in [4.69, 9.17) is 4.74 Å². The quantitative estimate of drug-likeness (QED) is 0.444. The lowest BCUT2D eigenvalue weighted by atomic mass is 9.32. The summed E-state index contributed by atoms with van der Waals surface area (Å²) in [5.41, 5.74) is -0.0243. The predicted molar refractivity (Wildman–Crippen MR) is 147 cm³/mol. The van der Waals surface area contributed by atoms with Gasteiger partial charge in [0, 0.05) is 47.0 Å². The summed E-state index contributed by atoms with van der Waals surface area (Å²) in [5.74, 6) is 0.676. The maximum atomic E-state index is 14.4. The minimum Gasteiger partial charge on any atom is -0.393 e. The van der Waals surface area contributed by atoms with Gasteiger partial charge in [-0.05, 0) is 62.2 Å². The molecule has 8 atom stereocenters. The number of carbonyl (C=O) groups is 1. The molecule has 2 N–H and O–H groups in total. The van der Waals surface area contributed by atoms with Crippen LogP contribution in [0.3, 0.4) is 0 Å². The summed E-state index contributed by atoms with van der Waals surface area (Å²) in [6.07, 6.45) is 13.0. The predicted octanol–water partition coefficient (Wildman–Crippen LogP) is 4.79. The minimum atomic E-state index is -0.779. The van der Waals surface area contributed by atoms with Gasteiger partial charge < -0.3 is 14.9 Å². The molecule has 7 aliphatic rings. The van der Waals surface area contributed by atoms with E-state index in [1.165, 1.54) is 0 Å². The van der Waals surface area contributed by atoms with Crippen molar-refractivity contribution in [3.63, 3.8) is 0 Å². The number of Topliss-reactive ketones (excluding diaryl/α,β-unsaturated/α-hetero) is 1. The molecule has 204 valence electrons. The van der Waals surface area contributed by atoms with Crippen LogP contribution in [0.4, 0.5) is 0 Å². The number of hydrogen-bond donors (Lipinski definition) is 2. The molecule has 8 rings (SSSR count). The fourth-order valence-electron chi connectivity index (χ4n) is 10.5. The molecular weight excluding hydrogens is 474 g/mol. The van der Waals surface area contributed by atoms with E-state index < -0.39 is 5.60 Å². The topological polar surface area (TPSA) is 70.0 Å². The van der Waals surface area contributed by atoms with E-state index in [1.807, 2.05) is 30.3 Å². The first-order chi connectivity index (χ1) is 18.2. The number of fused-ring (bicyclic) bond motifs is 1. The Morgan fingerprint density at radius 2 is 1.66 bits per heavy atom. The number of nitrogens with zero attached hydrogens (tertiary/aromatic N) is 1. The van der Waals surface area contributed by atoms with Gasteiger partial charge in [0.2, 0.25) is 0 Å². The standard InChI is InChI=1S/C33H43NO4/c1-29-11-8-24(35)20-31(29)14-15-33(25(21-31)28(36)23-6-4-3-5-7-23)26(29)9-12-30(2)27(33)10-13-32(30,37)22-34-16-18-38-19-17-34/h3-7,14-15,21,24,26-27,35,37H,8-13,16-20,22H2,1-2H3/t24?,26-,27-,29-,30+,31+,32-,33-/m1/s1. The third-order valence-corrected chi connectivity index (χ3v) is 12.6. The van der Waals surface area contributed by atoms with Crippen LogP contribution in [-0.2, 0) is 4.74 Å². The smallest absolute Gasteiger partial charge is 0.189 e. The van der Waals surface area contributed by atoms with Crippen LogP contribution >= 0.6 is 0 Å². The zero-order chi connectivity index (χ0) is 26.4. The SMILES string of the molecule is C[C@]12CC[C@H]3[C@]4(C=C[C@@]5(C=C4C(=O)c4ccccc4)CC(O)CC[C@]35C)[C@@H]1CC[C@@]2(O)CN1CCOCC1. The first kappa shape index (κ1) is 25.2. The van der Waals surface area contributed by atoms with Crippen LogP contribution in [-0.4, -0.2) is 65.4 Å². The molecule has 2 spiro atoms. The highest BCUT2D eigenvalue weighted by molar-refractivity contribution is 6.10. The number of β-amino-alcohol motifs (C(OH)–C–C–N with tert-alkyl or cyclic N) is 1. The van der Waals surface area contributed by atoms with Gasteiger partial charge >= 0.3 is 0 Å². The average Bonchev–Trinajstić information content (AvgIpc) is 3.19. The molecule has 0 amide bonds. The number of carbonyl (C=O) groups excluding carboxylic acids is 1. The third-order valence-electron chi connectivity index (χ3n) is 12.6. The van der Waals surface area contributed by atoms with Gasteiger partial charge in [-0.3, -0.25) is 9.69 Å². The van der Waals surface area contributed by atoms with Crippen molar-refractivity contribution in [1.29, 1.82) is 0 Å². The number of allylic oxidation sites excluding steroid dienone is 4. The third kappa shape index (κ3) is 3.11. The van der Waals surface area contributed by atoms with Crippen molar-refractivity contribution in [1.82, 2.24) is 4.90 Å². The Bertz CT molecular complexity index is 1190. The van der Waals surface area contributed by atoms with Crippen molar-refractivity contribution in [2.45, 2.75) is 70.5 Å². The number of ether oxygens (including phenoxy) is 1. The molecule has 1 aliphatic heterocycles.